The first-order valence-electron chi connectivity index (χ1n) is 15.0. The SMILES string of the molecule is O=C(O)CC(NC(=O)C1CCCN2C(=O)CCC(NC(=O)CCc3ccccc3)C(=O)N12)C(=O)c1ncc(-c2c(Cl)cccc2Cl)o1. The number of aryl methyl sites for hydroxylation is 1. The number of fused-ring (bicyclic) bond motifs is 1. The summed E-state index contributed by atoms with van der Waals surface area (Å²) in [5.41, 5.74) is 1.22. The molecule has 0 radical (unpaired) electrons. The largest absolute Gasteiger partial charge is 0.481 e. The average Bonchev–Trinajstić information content (AvgIpc) is 3.50. The Morgan fingerprint density at radius 3 is 2.45 bits per heavy atom. The number of ketones is 1. The van der Waals surface area contributed by atoms with E-state index in [-0.39, 0.29) is 59.5 Å². The molecule has 4 amide bonds. The highest BCUT2D eigenvalue weighted by molar-refractivity contribution is 6.39. The molecule has 3 unspecified atom stereocenters. The summed E-state index contributed by atoms with van der Waals surface area (Å²) in [5.74, 6) is -5.07. The molecule has 0 saturated carbocycles. The summed E-state index contributed by atoms with van der Waals surface area (Å²) in [6, 6.07) is 10.1. The molecule has 2 aromatic carbocycles. The summed E-state index contributed by atoms with van der Waals surface area (Å²) in [6.07, 6.45) is 1.43. The van der Waals surface area contributed by atoms with Crippen LogP contribution in [-0.4, -0.2) is 80.2 Å². The fraction of sp³-hybridized carbons (Fsp3) is 0.344. The molecule has 3 aromatic rings. The summed E-state index contributed by atoms with van der Waals surface area (Å²) >= 11 is 12.5. The maximum atomic E-state index is 13.8. The van der Waals surface area contributed by atoms with Crippen LogP contribution in [0.15, 0.2) is 59.1 Å². The molecule has 13 nitrogen and oxygen atoms in total. The molecule has 15 heteroatoms. The third kappa shape index (κ3) is 7.80. The lowest BCUT2D eigenvalue weighted by Crippen LogP contribution is -2.64. The van der Waals surface area contributed by atoms with Gasteiger partial charge in [0.05, 0.1) is 28.2 Å². The molecule has 2 saturated heterocycles. The molecule has 2 fully saturated rings. The number of aromatic nitrogens is 1. The summed E-state index contributed by atoms with van der Waals surface area (Å²) in [7, 11) is 0. The van der Waals surface area contributed by atoms with Crippen molar-refractivity contribution in [1.29, 1.82) is 0 Å². The monoisotopic (exact) mass is 683 g/mol. The highest BCUT2D eigenvalue weighted by Gasteiger charge is 2.45. The van der Waals surface area contributed by atoms with Crippen LogP contribution in [0.5, 0.6) is 0 Å². The maximum absolute atomic E-state index is 13.8. The summed E-state index contributed by atoms with van der Waals surface area (Å²) < 4.78 is 5.58. The van der Waals surface area contributed by atoms with Crippen LogP contribution in [-0.2, 0) is 30.4 Å². The number of carbonyl (C=O) groups excluding carboxylic acids is 5. The second-order valence-corrected chi connectivity index (χ2v) is 12.0. The minimum Gasteiger partial charge on any atom is -0.481 e. The Labute approximate surface area is 279 Å². The van der Waals surface area contributed by atoms with Crippen LogP contribution < -0.4 is 10.6 Å². The van der Waals surface area contributed by atoms with Gasteiger partial charge >= 0.3 is 5.97 Å². The Bertz CT molecular complexity index is 1680. The van der Waals surface area contributed by atoms with Gasteiger partial charge in [0.2, 0.25) is 23.5 Å². The molecule has 5 rings (SSSR count). The number of hydrogen-bond acceptors (Lipinski definition) is 8. The van der Waals surface area contributed by atoms with Gasteiger partial charge in [-0.2, -0.15) is 0 Å². The maximum Gasteiger partial charge on any atom is 0.305 e. The predicted octanol–water partition coefficient (Wildman–Crippen LogP) is 3.44. The van der Waals surface area contributed by atoms with Crippen molar-refractivity contribution >= 4 is 58.6 Å². The smallest absolute Gasteiger partial charge is 0.305 e. The molecule has 2 aliphatic rings. The Balaban J connectivity index is 1.32. The number of halogens is 2. The van der Waals surface area contributed by atoms with Gasteiger partial charge in [0.25, 0.3) is 11.8 Å². The van der Waals surface area contributed by atoms with Crippen molar-refractivity contribution in [1.82, 2.24) is 25.6 Å². The van der Waals surface area contributed by atoms with E-state index in [9.17, 15) is 33.9 Å². The molecule has 0 spiro atoms. The third-order valence-electron chi connectivity index (χ3n) is 7.92. The van der Waals surface area contributed by atoms with Gasteiger partial charge in [0, 0.05) is 19.4 Å². The zero-order valence-corrected chi connectivity index (χ0v) is 26.5. The first-order chi connectivity index (χ1) is 22.5. The number of oxazole rings is 1. The van der Waals surface area contributed by atoms with Gasteiger partial charge in [-0.25, -0.2) is 9.99 Å². The number of nitrogens with one attached hydrogen (secondary N) is 2. The van der Waals surface area contributed by atoms with Gasteiger partial charge in [-0.15, -0.1) is 0 Å². The number of hydrazine groups is 1. The second-order valence-electron chi connectivity index (χ2n) is 11.2. The zero-order chi connectivity index (χ0) is 33.7. The van der Waals surface area contributed by atoms with E-state index in [4.69, 9.17) is 27.6 Å². The number of carbonyl (C=O) groups is 6. The second kappa shape index (κ2) is 14.8. The number of Topliss-reactive ketones (excluding diaryl/α,β-unsaturated/α-hetero) is 1. The molecular weight excluding hydrogens is 653 g/mol. The van der Waals surface area contributed by atoms with E-state index in [1.54, 1.807) is 18.2 Å². The van der Waals surface area contributed by atoms with E-state index in [1.807, 2.05) is 30.3 Å². The fourth-order valence-electron chi connectivity index (χ4n) is 5.61. The van der Waals surface area contributed by atoms with Gasteiger partial charge in [-0.05, 0) is 43.4 Å². The highest BCUT2D eigenvalue weighted by Crippen LogP contribution is 2.35. The summed E-state index contributed by atoms with van der Waals surface area (Å²) in [6.45, 7) is 0.171. The fourth-order valence-corrected chi connectivity index (χ4v) is 6.20. The Morgan fingerprint density at radius 1 is 1.02 bits per heavy atom. The molecular formula is C32H31Cl2N5O8. The number of rotatable bonds is 11. The first kappa shape index (κ1) is 33.6. The predicted molar refractivity (Wildman–Crippen MR) is 168 cm³/mol. The van der Waals surface area contributed by atoms with Crippen molar-refractivity contribution in [3.8, 4) is 11.3 Å². The van der Waals surface area contributed by atoms with Gasteiger partial charge in [0.15, 0.2) is 5.76 Å². The number of carboxylic acids is 1. The van der Waals surface area contributed by atoms with Crippen molar-refractivity contribution in [2.75, 3.05) is 6.54 Å². The van der Waals surface area contributed by atoms with Crippen molar-refractivity contribution < 1.29 is 38.3 Å². The molecule has 47 heavy (non-hydrogen) atoms. The molecule has 3 heterocycles. The van der Waals surface area contributed by atoms with Gasteiger partial charge < -0.3 is 20.2 Å². The van der Waals surface area contributed by atoms with Crippen LogP contribution in [0, 0.1) is 0 Å². The van der Waals surface area contributed by atoms with E-state index >= 15 is 0 Å². The minimum absolute atomic E-state index is 0.0394. The third-order valence-corrected chi connectivity index (χ3v) is 8.55. The Hall–Kier alpha value is -4.75. The van der Waals surface area contributed by atoms with E-state index in [2.05, 4.69) is 15.6 Å². The Morgan fingerprint density at radius 2 is 1.74 bits per heavy atom. The standard InChI is InChI=1S/C32H31Cl2N5O8/c33-19-8-4-9-20(34)28(19)24-17-35-31(47-24)29(44)22(16-27(42)43)37-30(45)23-10-5-15-38-26(41)14-12-21(32(46)39(23)38)36-25(40)13-11-18-6-2-1-3-7-18/h1-4,6-9,17,21-23H,5,10-16H2,(H,36,40)(H,37,45)(H,42,43). The zero-order valence-electron chi connectivity index (χ0n) is 25.0. The van der Waals surface area contributed by atoms with Gasteiger partial charge in [-0.1, -0.05) is 59.6 Å². The van der Waals surface area contributed by atoms with E-state index in [0.29, 0.717) is 12.8 Å². The molecule has 1 aromatic heterocycles. The van der Waals surface area contributed by atoms with E-state index in [0.717, 1.165) is 10.6 Å². The molecule has 3 N–H and O–H groups in total. The van der Waals surface area contributed by atoms with Crippen LogP contribution in [0.3, 0.4) is 0 Å². The quantitative estimate of drug-likeness (QED) is 0.255. The minimum atomic E-state index is -1.63. The van der Waals surface area contributed by atoms with E-state index < -0.39 is 59.9 Å². The normalized spacial score (nSPS) is 18.6. The lowest BCUT2D eigenvalue weighted by molar-refractivity contribution is -0.176. The molecule has 0 bridgehead atoms. The number of carboxylic acid groups (broad SMARTS) is 1. The topological polar surface area (TPSA) is 179 Å². The van der Waals surface area contributed by atoms with E-state index in [1.165, 1.54) is 11.2 Å². The van der Waals surface area contributed by atoms with Crippen LogP contribution in [0.25, 0.3) is 11.3 Å². The van der Waals surface area contributed by atoms with Gasteiger partial charge in [-0.3, -0.25) is 33.8 Å². The van der Waals surface area contributed by atoms with Crippen molar-refractivity contribution in [3.05, 3.63) is 76.2 Å². The first-order valence-corrected chi connectivity index (χ1v) is 15.7. The van der Waals surface area contributed by atoms with Crippen molar-refractivity contribution in [2.24, 2.45) is 0 Å². The van der Waals surface area contributed by atoms with Crippen LogP contribution in [0.4, 0.5) is 0 Å². The molecule has 0 aliphatic carbocycles. The number of benzene rings is 2. The molecule has 2 aliphatic heterocycles. The van der Waals surface area contributed by atoms with Crippen LogP contribution in [0.1, 0.15) is 54.8 Å². The van der Waals surface area contributed by atoms with Gasteiger partial charge in [0.1, 0.15) is 18.1 Å². The average molecular weight is 685 g/mol. The number of amides is 4. The number of nitrogens with zero attached hydrogens (tertiary/aromatic N) is 3. The molecule has 246 valence electrons. The molecule has 3 atom stereocenters. The summed E-state index contributed by atoms with van der Waals surface area (Å²) in [4.78, 5) is 82.4. The van der Waals surface area contributed by atoms with Crippen LogP contribution in [0.2, 0.25) is 10.0 Å². The Kier molecular flexibility index (Phi) is 10.6. The summed E-state index contributed by atoms with van der Waals surface area (Å²) in [5, 5.41) is 17.4. The van der Waals surface area contributed by atoms with Crippen LogP contribution >= 0.6 is 23.2 Å². The van der Waals surface area contributed by atoms with Crippen molar-refractivity contribution in [3.63, 3.8) is 0 Å². The van der Waals surface area contributed by atoms with Crippen molar-refractivity contribution in [2.45, 2.75) is 63.1 Å². The lowest BCUT2D eigenvalue weighted by atomic mass is 10.0. The highest BCUT2D eigenvalue weighted by atomic mass is 35.5. The lowest BCUT2D eigenvalue weighted by Gasteiger charge is -2.43. The number of aliphatic carboxylic acids is 1. The number of hydrogen-bond donors (Lipinski definition) is 3.